The highest BCUT2D eigenvalue weighted by molar-refractivity contribution is 6.64. The summed E-state index contributed by atoms with van der Waals surface area (Å²) in [4.78, 5) is 0. The molecule has 2 aromatic carbocycles. The van der Waals surface area contributed by atoms with Crippen LogP contribution >= 0.6 is 0 Å². The third-order valence-electron chi connectivity index (χ3n) is 7.02. The highest BCUT2D eigenvalue weighted by atomic mass is 28.4. The van der Waals surface area contributed by atoms with Crippen molar-refractivity contribution in [2.45, 2.75) is 119 Å². The Morgan fingerprint density at radius 3 is 0.946 bits per heavy atom. The van der Waals surface area contributed by atoms with E-state index in [0.717, 1.165) is 22.3 Å². The Morgan fingerprint density at radius 2 is 0.730 bits per heavy atom. The van der Waals surface area contributed by atoms with Crippen LogP contribution in [0.25, 0.3) is 0 Å². The molecule has 0 aliphatic carbocycles. The smallest absolute Gasteiger partial charge is 0.336 e. The lowest BCUT2D eigenvalue weighted by Gasteiger charge is -2.50. The van der Waals surface area contributed by atoms with Crippen LogP contribution < -0.4 is 0 Å². The van der Waals surface area contributed by atoms with Gasteiger partial charge in [0.25, 0.3) is 0 Å². The first-order valence-electron chi connectivity index (χ1n) is 13.4. The first kappa shape index (κ1) is 31.7. The highest BCUT2D eigenvalue weighted by Crippen LogP contribution is 2.49. The molecule has 2 aromatic rings. The summed E-state index contributed by atoms with van der Waals surface area (Å²) in [7, 11) is -3.22. The van der Waals surface area contributed by atoms with Crippen molar-refractivity contribution in [3.05, 3.63) is 70.8 Å². The second kappa shape index (κ2) is 9.91. The normalized spacial score (nSPS) is 17.3. The molecule has 2 unspecified atom stereocenters. The van der Waals surface area contributed by atoms with Crippen molar-refractivity contribution in [1.82, 2.24) is 0 Å². The molecule has 4 nitrogen and oxygen atoms in total. The number of benzene rings is 2. The maximum atomic E-state index is 12.4. The standard InChI is InChI=1S/C32H52O4Si/c1-27(2,3)23-19-15-17-21-25(23)31(33,29(7,8)9)35-37(13,14)36-32(34,30(10,11)12)26-22-18-16-20-24(26)28(4,5)6/h15-22,33-34H,1-14H3. The Morgan fingerprint density at radius 1 is 0.486 bits per heavy atom. The minimum atomic E-state index is -3.22. The molecule has 0 heterocycles. The van der Waals surface area contributed by atoms with Crippen LogP contribution in [0.4, 0.5) is 0 Å². The lowest BCUT2D eigenvalue weighted by molar-refractivity contribution is -0.269. The van der Waals surface area contributed by atoms with Crippen molar-refractivity contribution in [3.8, 4) is 0 Å². The minimum absolute atomic E-state index is 0.205. The van der Waals surface area contributed by atoms with Gasteiger partial charge in [0.15, 0.2) is 11.6 Å². The molecule has 0 aliphatic rings. The number of aliphatic hydroxyl groups is 2. The van der Waals surface area contributed by atoms with E-state index in [0.29, 0.717) is 0 Å². The Labute approximate surface area is 227 Å². The molecule has 208 valence electrons. The SMILES string of the molecule is CC(C)(C)c1ccccc1C(O)(O[Si](C)(C)OC(O)(c1ccccc1C(C)(C)C)C(C)(C)C)C(C)(C)C. The molecule has 0 amide bonds. The van der Waals surface area contributed by atoms with E-state index in [1.165, 1.54) is 0 Å². The van der Waals surface area contributed by atoms with E-state index in [2.05, 4.69) is 53.7 Å². The Kier molecular flexibility index (Phi) is 8.49. The maximum Gasteiger partial charge on any atom is 0.336 e. The molecular formula is C32H52O4Si. The zero-order valence-electron chi connectivity index (χ0n) is 25.8. The Hall–Kier alpha value is -1.50. The molecule has 2 atom stereocenters. The van der Waals surface area contributed by atoms with Gasteiger partial charge in [-0.3, -0.25) is 0 Å². The van der Waals surface area contributed by atoms with Crippen molar-refractivity contribution in [2.75, 3.05) is 0 Å². The van der Waals surface area contributed by atoms with Crippen LogP contribution in [0.5, 0.6) is 0 Å². The lowest BCUT2D eigenvalue weighted by Crippen LogP contribution is -2.57. The molecule has 2 N–H and O–H groups in total. The summed E-state index contributed by atoms with van der Waals surface area (Å²) in [6, 6.07) is 15.9. The second-order valence-electron chi connectivity index (χ2n) is 15.0. The van der Waals surface area contributed by atoms with Gasteiger partial charge in [-0.15, -0.1) is 0 Å². The topological polar surface area (TPSA) is 58.9 Å². The van der Waals surface area contributed by atoms with Gasteiger partial charge in [-0.25, -0.2) is 0 Å². The maximum absolute atomic E-state index is 12.4. The zero-order chi connectivity index (χ0) is 28.9. The molecule has 0 fully saturated rings. The van der Waals surface area contributed by atoms with Gasteiger partial charge in [-0.05, 0) is 35.1 Å². The van der Waals surface area contributed by atoms with Gasteiger partial charge in [0.1, 0.15) is 0 Å². The molecule has 0 radical (unpaired) electrons. The van der Waals surface area contributed by atoms with Gasteiger partial charge in [0, 0.05) is 22.0 Å². The van der Waals surface area contributed by atoms with Crippen LogP contribution in [-0.2, 0) is 31.3 Å². The van der Waals surface area contributed by atoms with Gasteiger partial charge < -0.3 is 19.1 Å². The molecule has 2 rings (SSSR count). The summed E-state index contributed by atoms with van der Waals surface area (Å²) in [5.74, 6) is -3.29. The first-order chi connectivity index (χ1) is 16.4. The van der Waals surface area contributed by atoms with Crippen LogP contribution in [0.2, 0.25) is 13.1 Å². The van der Waals surface area contributed by atoms with Crippen molar-refractivity contribution in [3.63, 3.8) is 0 Å². The summed E-state index contributed by atoms with van der Waals surface area (Å²) in [6.07, 6.45) is 0. The van der Waals surface area contributed by atoms with Crippen LogP contribution in [-0.4, -0.2) is 18.8 Å². The molecular weight excluding hydrogens is 476 g/mol. The van der Waals surface area contributed by atoms with E-state index in [4.69, 9.17) is 8.85 Å². The summed E-state index contributed by atoms with van der Waals surface area (Å²) in [5, 5.41) is 24.8. The quantitative estimate of drug-likeness (QED) is 0.294. The number of hydrogen-bond donors (Lipinski definition) is 2. The van der Waals surface area contributed by atoms with Crippen molar-refractivity contribution in [1.29, 1.82) is 0 Å². The fourth-order valence-corrected chi connectivity index (χ4v) is 7.12. The fourth-order valence-electron chi connectivity index (χ4n) is 4.82. The van der Waals surface area contributed by atoms with E-state index in [-0.39, 0.29) is 10.8 Å². The van der Waals surface area contributed by atoms with Gasteiger partial charge in [-0.2, -0.15) is 0 Å². The number of hydrogen-bond acceptors (Lipinski definition) is 4. The number of rotatable bonds is 6. The summed E-state index contributed by atoms with van der Waals surface area (Å²) in [6.45, 7) is 28.5. The van der Waals surface area contributed by atoms with Crippen molar-refractivity contribution >= 4 is 8.56 Å². The fraction of sp³-hybridized carbons (Fsp3) is 0.625. The molecule has 5 heteroatoms. The first-order valence-corrected chi connectivity index (χ1v) is 16.2. The second-order valence-corrected chi connectivity index (χ2v) is 18.2. The third kappa shape index (κ3) is 6.56. The van der Waals surface area contributed by atoms with Crippen LogP contribution in [0.1, 0.15) is 105 Å². The van der Waals surface area contributed by atoms with Crippen LogP contribution in [0.3, 0.4) is 0 Å². The molecule has 0 aliphatic heterocycles. The Bertz CT molecular complexity index is 994. The molecule has 0 saturated carbocycles. The van der Waals surface area contributed by atoms with Crippen LogP contribution in [0, 0.1) is 10.8 Å². The van der Waals surface area contributed by atoms with Crippen molar-refractivity contribution in [2.24, 2.45) is 10.8 Å². The summed E-state index contributed by atoms with van der Waals surface area (Å²) >= 11 is 0. The van der Waals surface area contributed by atoms with E-state index in [1.54, 1.807) is 0 Å². The largest absolute Gasteiger partial charge is 0.362 e. The van der Waals surface area contributed by atoms with Crippen molar-refractivity contribution < 1.29 is 19.1 Å². The van der Waals surface area contributed by atoms with Crippen LogP contribution in [0.15, 0.2) is 48.5 Å². The highest BCUT2D eigenvalue weighted by Gasteiger charge is 2.55. The average molecular weight is 529 g/mol. The van der Waals surface area contributed by atoms with Gasteiger partial charge in [0.2, 0.25) is 0 Å². The third-order valence-corrected chi connectivity index (χ3v) is 8.59. The minimum Gasteiger partial charge on any atom is -0.362 e. The van der Waals surface area contributed by atoms with Gasteiger partial charge in [-0.1, -0.05) is 132 Å². The summed E-state index contributed by atoms with van der Waals surface area (Å²) in [5.41, 5.74) is 1.73. The molecule has 37 heavy (non-hydrogen) atoms. The molecule has 0 saturated heterocycles. The average Bonchev–Trinajstić information content (AvgIpc) is 2.70. The van der Waals surface area contributed by atoms with Gasteiger partial charge >= 0.3 is 8.56 Å². The van der Waals surface area contributed by atoms with Gasteiger partial charge in [0.05, 0.1) is 0 Å². The summed E-state index contributed by atoms with van der Waals surface area (Å²) < 4.78 is 13.5. The van der Waals surface area contributed by atoms with E-state index >= 15 is 0 Å². The van der Waals surface area contributed by atoms with E-state index in [9.17, 15) is 10.2 Å². The van der Waals surface area contributed by atoms with E-state index in [1.807, 2.05) is 91.0 Å². The predicted octanol–water partition coefficient (Wildman–Crippen LogP) is 8.10. The predicted molar refractivity (Wildman–Crippen MR) is 157 cm³/mol. The Balaban J connectivity index is 2.71. The molecule has 0 aromatic heterocycles. The molecule has 0 spiro atoms. The van der Waals surface area contributed by atoms with E-state index < -0.39 is 31.0 Å². The monoisotopic (exact) mass is 528 g/mol. The molecule has 0 bridgehead atoms. The zero-order valence-corrected chi connectivity index (χ0v) is 26.8. The lowest BCUT2D eigenvalue weighted by atomic mass is 9.74.